The minimum absolute atomic E-state index is 0.0696. The minimum Gasteiger partial charge on any atom is -0.497 e. The first-order valence-corrected chi connectivity index (χ1v) is 5.35. The second-order valence-corrected chi connectivity index (χ2v) is 4.16. The van der Waals surface area contributed by atoms with Crippen molar-refractivity contribution in [1.82, 2.24) is 5.32 Å². The van der Waals surface area contributed by atoms with E-state index in [-0.39, 0.29) is 17.9 Å². The Balaban J connectivity index is 2.07. The third kappa shape index (κ3) is 2.32. The van der Waals surface area contributed by atoms with E-state index in [1.165, 1.54) is 19.2 Å². The Kier molecular flexibility index (Phi) is 3.10. The van der Waals surface area contributed by atoms with Crippen molar-refractivity contribution in [3.63, 3.8) is 0 Å². The van der Waals surface area contributed by atoms with Crippen molar-refractivity contribution < 1.29 is 13.5 Å². The number of alkyl halides is 2. The topological polar surface area (TPSA) is 21.3 Å². The second-order valence-electron chi connectivity index (χ2n) is 4.16. The Morgan fingerprint density at radius 2 is 1.94 bits per heavy atom. The van der Waals surface area contributed by atoms with E-state index in [1.807, 2.05) is 0 Å². The van der Waals surface area contributed by atoms with Crippen molar-refractivity contribution >= 4 is 0 Å². The summed E-state index contributed by atoms with van der Waals surface area (Å²) in [5.41, 5.74) is 0.0696. The van der Waals surface area contributed by atoms with Gasteiger partial charge in [0.15, 0.2) is 0 Å². The van der Waals surface area contributed by atoms with Crippen LogP contribution in [0.3, 0.4) is 0 Å². The van der Waals surface area contributed by atoms with Gasteiger partial charge >= 0.3 is 0 Å². The molecule has 0 aromatic heterocycles. The summed E-state index contributed by atoms with van der Waals surface area (Å²) in [6, 6.07) is 6.01. The van der Waals surface area contributed by atoms with Crippen molar-refractivity contribution in [1.29, 1.82) is 0 Å². The standard InChI is InChI=1S/C12H15F2NO/c1-16-11-4-2-10(3-5-11)12(13,14)6-9-7-15-8-9/h2-5,9,15H,6-8H2,1H3. The fourth-order valence-electron chi connectivity index (χ4n) is 1.81. The number of rotatable bonds is 4. The fourth-order valence-corrected chi connectivity index (χ4v) is 1.81. The predicted molar refractivity (Wildman–Crippen MR) is 57.9 cm³/mol. The van der Waals surface area contributed by atoms with E-state index in [2.05, 4.69) is 5.32 Å². The average molecular weight is 227 g/mol. The summed E-state index contributed by atoms with van der Waals surface area (Å²) in [6.07, 6.45) is -0.0771. The lowest BCUT2D eigenvalue weighted by Crippen LogP contribution is -2.44. The molecule has 16 heavy (non-hydrogen) atoms. The van der Waals surface area contributed by atoms with Gasteiger partial charge in [-0.2, -0.15) is 0 Å². The molecule has 2 rings (SSSR count). The molecule has 1 aromatic carbocycles. The highest BCUT2D eigenvalue weighted by Crippen LogP contribution is 2.36. The first kappa shape index (κ1) is 11.3. The summed E-state index contributed by atoms with van der Waals surface area (Å²) in [5, 5.41) is 3.00. The molecule has 0 spiro atoms. The molecule has 0 unspecified atom stereocenters. The van der Waals surface area contributed by atoms with Crippen molar-refractivity contribution in [3.8, 4) is 5.75 Å². The van der Waals surface area contributed by atoms with Gasteiger partial charge in [0.2, 0.25) is 0 Å². The van der Waals surface area contributed by atoms with Crippen molar-refractivity contribution in [2.45, 2.75) is 12.3 Å². The van der Waals surface area contributed by atoms with Gasteiger partial charge in [0, 0.05) is 12.0 Å². The van der Waals surface area contributed by atoms with Gasteiger partial charge in [-0.25, -0.2) is 8.78 Å². The number of ether oxygens (including phenoxy) is 1. The summed E-state index contributed by atoms with van der Waals surface area (Å²) in [4.78, 5) is 0. The Morgan fingerprint density at radius 3 is 2.38 bits per heavy atom. The SMILES string of the molecule is COc1ccc(C(F)(F)CC2CNC2)cc1. The molecule has 1 aliphatic heterocycles. The summed E-state index contributed by atoms with van der Waals surface area (Å²) in [7, 11) is 1.52. The Bertz CT molecular complexity index is 347. The number of methoxy groups -OCH3 is 1. The lowest BCUT2D eigenvalue weighted by atomic mass is 9.92. The summed E-state index contributed by atoms with van der Waals surface area (Å²) in [5.74, 6) is -2.04. The molecular weight excluding hydrogens is 212 g/mol. The molecule has 1 aromatic rings. The molecule has 1 saturated heterocycles. The molecule has 1 fully saturated rings. The lowest BCUT2D eigenvalue weighted by Gasteiger charge is -2.30. The molecule has 1 aliphatic rings. The molecule has 0 saturated carbocycles. The third-order valence-electron chi connectivity index (χ3n) is 2.92. The zero-order valence-corrected chi connectivity index (χ0v) is 9.17. The van der Waals surface area contributed by atoms with Crippen LogP contribution in [0, 0.1) is 5.92 Å². The van der Waals surface area contributed by atoms with E-state index in [0.29, 0.717) is 18.8 Å². The second kappa shape index (κ2) is 4.37. The highest BCUT2D eigenvalue weighted by atomic mass is 19.3. The molecular formula is C12H15F2NO. The Morgan fingerprint density at radius 1 is 1.31 bits per heavy atom. The molecule has 0 aliphatic carbocycles. The van der Waals surface area contributed by atoms with Crippen molar-refractivity contribution in [2.24, 2.45) is 5.92 Å². The van der Waals surface area contributed by atoms with E-state index in [9.17, 15) is 8.78 Å². The normalized spacial score (nSPS) is 16.9. The molecule has 0 radical (unpaired) electrons. The van der Waals surface area contributed by atoms with Crippen LogP contribution in [-0.2, 0) is 5.92 Å². The first-order valence-electron chi connectivity index (χ1n) is 5.35. The van der Waals surface area contributed by atoms with E-state index in [0.717, 1.165) is 0 Å². The number of hydrogen-bond acceptors (Lipinski definition) is 2. The van der Waals surface area contributed by atoms with Crippen LogP contribution in [0.2, 0.25) is 0 Å². The maximum atomic E-state index is 13.8. The largest absolute Gasteiger partial charge is 0.497 e. The molecule has 88 valence electrons. The molecule has 1 N–H and O–H groups in total. The van der Waals surface area contributed by atoms with Gasteiger partial charge in [-0.1, -0.05) is 0 Å². The first-order chi connectivity index (χ1) is 7.62. The number of benzene rings is 1. The van der Waals surface area contributed by atoms with Crippen molar-refractivity contribution in [3.05, 3.63) is 29.8 Å². The smallest absolute Gasteiger partial charge is 0.273 e. The average Bonchev–Trinajstić information content (AvgIpc) is 2.24. The maximum Gasteiger partial charge on any atom is 0.273 e. The zero-order valence-electron chi connectivity index (χ0n) is 9.17. The highest BCUT2D eigenvalue weighted by Gasteiger charge is 2.36. The van der Waals surface area contributed by atoms with Crippen LogP contribution in [0.5, 0.6) is 5.75 Å². The van der Waals surface area contributed by atoms with Gasteiger partial charge in [-0.3, -0.25) is 0 Å². The highest BCUT2D eigenvalue weighted by molar-refractivity contribution is 5.29. The summed E-state index contributed by atoms with van der Waals surface area (Å²) < 4.78 is 32.5. The molecule has 4 heteroatoms. The van der Waals surface area contributed by atoms with Crippen LogP contribution >= 0.6 is 0 Å². The molecule has 1 heterocycles. The van der Waals surface area contributed by atoms with E-state index < -0.39 is 5.92 Å². The Labute approximate surface area is 93.6 Å². The summed E-state index contributed by atoms with van der Waals surface area (Å²) in [6.45, 7) is 1.40. The molecule has 0 amide bonds. The lowest BCUT2D eigenvalue weighted by molar-refractivity contribution is -0.0356. The van der Waals surface area contributed by atoms with Crippen molar-refractivity contribution in [2.75, 3.05) is 20.2 Å². The van der Waals surface area contributed by atoms with Crippen LogP contribution in [0.15, 0.2) is 24.3 Å². The minimum atomic E-state index is -2.74. The van der Waals surface area contributed by atoms with Crippen LogP contribution in [0.1, 0.15) is 12.0 Å². The van der Waals surface area contributed by atoms with Crippen LogP contribution in [0.4, 0.5) is 8.78 Å². The quantitative estimate of drug-likeness (QED) is 0.852. The predicted octanol–water partition coefficient (Wildman–Crippen LogP) is 2.40. The van der Waals surface area contributed by atoms with Gasteiger partial charge in [0.05, 0.1) is 7.11 Å². The van der Waals surface area contributed by atoms with Gasteiger partial charge in [-0.05, 0) is 43.3 Å². The Hall–Kier alpha value is -1.16. The summed E-state index contributed by atoms with van der Waals surface area (Å²) >= 11 is 0. The van der Waals surface area contributed by atoms with Gasteiger partial charge in [0.25, 0.3) is 5.92 Å². The van der Waals surface area contributed by atoms with Gasteiger partial charge in [0.1, 0.15) is 5.75 Å². The third-order valence-corrected chi connectivity index (χ3v) is 2.92. The van der Waals surface area contributed by atoms with E-state index in [4.69, 9.17) is 4.74 Å². The van der Waals surface area contributed by atoms with Crippen LogP contribution < -0.4 is 10.1 Å². The van der Waals surface area contributed by atoms with E-state index in [1.54, 1.807) is 12.1 Å². The monoisotopic (exact) mass is 227 g/mol. The molecule has 0 atom stereocenters. The maximum absolute atomic E-state index is 13.8. The van der Waals surface area contributed by atoms with Crippen LogP contribution in [-0.4, -0.2) is 20.2 Å². The van der Waals surface area contributed by atoms with E-state index >= 15 is 0 Å². The number of hydrogen-bond donors (Lipinski definition) is 1. The van der Waals surface area contributed by atoms with Crippen LogP contribution in [0.25, 0.3) is 0 Å². The van der Waals surface area contributed by atoms with Gasteiger partial charge in [-0.15, -0.1) is 0 Å². The fraction of sp³-hybridized carbons (Fsp3) is 0.500. The molecule has 0 bridgehead atoms. The molecule has 2 nitrogen and oxygen atoms in total. The number of halogens is 2. The number of nitrogens with one attached hydrogen (secondary N) is 1. The van der Waals surface area contributed by atoms with Gasteiger partial charge < -0.3 is 10.1 Å². The zero-order chi connectivity index (χ0) is 11.6.